The predicted octanol–water partition coefficient (Wildman–Crippen LogP) is 3.66. The number of rotatable bonds is 7. The summed E-state index contributed by atoms with van der Waals surface area (Å²) in [5.41, 5.74) is 4.61. The highest BCUT2D eigenvalue weighted by Crippen LogP contribution is 2.24. The summed E-state index contributed by atoms with van der Waals surface area (Å²) >= 11 is 1.40. The van der Waals surface area contributed by atoms with Crippen LogP contribution in [0.5, 0.6) is 11.5 Å². The van der Waals surface area contributed by atoms with Gasteiger partial charge in [0.1, 0.15) is 22.3 Å². The van der Waals surface area contributed by atoms with E-state index in [1.165, 1.54) is 29.7 Å². The van der Waals surface area contributed by atoms with Crippen LogP contribution in [0, 0.1) is 5.82 Å². The average molecular weight is 399 g/mol. The molecule has 0 radical (unpaired) electrons. The van der Waals surface area contributed by atoms with Crippen molar-refractivity contribution >= 4 is 23.5 Å². The zero-order valence-corrected chi connectivity index (χ0v) is 16.1. The largest absolute Gasteiger partial charge is 0.497 e. The van der Waals surface area contributed by atoms with Gasteiger partial charge in [-0.1, -0.05) is 0 Å². The van der Waals surface area contributed by atoms with Gasteiger partial charge in [-0.25, -0.2) is 14.8 Å². The first-order valence-electron chi connectivity index (χ1n) is 8.33. The van der Waals surface area contributed by atoms with Crippen molar-refractivity contribution in [2.75, 3.05) is 14.2 Å². The maximum absolute atomic E-state index is 13.0. The molecule has 0 bridgehead atoms. The molecule has 0 fully saturated rings. The Labute approximate surface area is 165 Å². The zero-order valence-electron chi connectivity index (χ0n) is 15.3. The standard InChI is InChI=1S/C20H18FN3O3S/c1-26-17-8-5-14(18(10-17)27-2)11-22-24-19(25)9-16-12-28-20(23-16)13-3-6-15(21)7-4-13/h3-8,10-12H,9H2,1-2H3,(H,24,25)/b22-11-. The summed E-state index contributed by atoms with van der Waals surface area (Å²) in [6, 6.07) is 11.4. The number of hydrazone groups is 1. The van der Waals surface area contributed by atoms with Crippen molar-refractivity contribution in [3.8, 4) is 22.1 Å². The molecule has 0 saturated carbocycles. The summed E-state index contributed by atoms with van der Waals surface area (Å²) in [6.07, 6.45) is 1.59. The topological polar surface area (TPSA) is 72.8 Å². The van der Waals surface area contributed by atoms with Gasteiger partial charge in [0.15, 0.2) is 0 Å². The smallest absolute Gasteiger partial charge is 0.246 e. The first-order chi connectivity index (χ1) is 13.6. The summed E-state index contributed by atoms with van der Waals surface area (Å²) in [6.45, 7) is 0. The fourth-order valence-corrected chi connectivity index (χ4v) is 3.24. The average Bonchev–Trinajstić information content (AvgIpc) is 3.17. The second-order valence-electron chi connectivity index (χ2n) is 5.73. The first-order valence-corrected chi connectivity index (χ1v) is 9.21. The molecule has 0 atom stereocenters. The number of ether oxygens (including phenoxy) is 2. The maximum Gasteiger partial charge on any atom is 0.246 e. The van der Waals surface area contributed by atoms with Crippen LogP contribution >= 0.6 is 11.3 Å². The molecule has 2 aromatic carbocycles. The molecule has 0 spiro atoms. The van der Waals surface area contributed by atoms with E-state index in [4.69, 9.17) is 9.47 Å². The molecule has 0 saturated heterocycles. The molecule has 3 rings (SSSR count). The Kier molecular flexibility index (Phi) is 6.33. The zero-order chi connectivity index (χ0) is 19.9. The molecular weight excluding hydrogens is 381 g/mol. The summed E-state index contributed by atoms with van der Waals surface area (Å²) in [5.74, 6) is 0.658. The lowest BCUT2D eigenvalue weighted by Gasteiger charge is -2.06. The lowest BCUT2D eigenvalue weighted by Crippen LogP contribution is -2.20. The second-order valence-corrected chi connectivity index (χ2v) is 6.59. The number of hydrogen-bond donors (Lipinski definition) is 1. The van der Waals surface area contributed by atoms with Crippen molar-refractivity contribution in [2.45, 2.75) is 6.42 Å². The second kappa shape index (κ2) is 9.09. The van der Waals surface area contributed by atoms with Crippen molar-refractivity contribution in [3.63, 3.8) is 0 Å². The lowest BCUT2D eigenvalue weighted by molar-refractivity contribution is -0.120. The van der Waals surface area contributed by atoms with E-state index in [9.17, 15) is 9.18 Å². The van der Waals surface area contributed by atoms with Crippen LogP contribution < -0.4 is 14.9 Å². The van der Waals surface area contributed by atoms with Crippen LogP contribution in [-0.4, -0.2) is 31.3 Å². The van der Waals surface area contributed by atoms with Crippen molar-refractivity contribution in [1.29, 1.82) is 0 Å². The number of carbonyl (C=O) groups excluding carboxylic acids is 1. The van der Waals surface area contributed by atoms with Gasteiger partial charge in [0, 0.05) is 22.6 Å². The number of nitrogens with zero attached hydrogens (tertiary/aromatic N) is 2. The molecule has 1 aromatic heterocycles. The molecule has 28 heavy (non-hydrogen) atoms. The predicted molar refractivity (Wildman–Crippen MR) is 106 cm³/mol. The van der Waals surface area contributed by atoms with Crippen LogP contribution in [-0.2, 0) is 11.2 Å². The third-order valence-electron chi connectivity index (χ3n) is 3.82. The summed E-state index contributed by atoms with van der Waals surface area (Å²) in [5, 5.41) is 6.50. The van der Waals surface area contributed by atoms with E-state index >= 15 is 0 Å². The number of thiazole rings is 1. The van der Waals surface area contributed by atoms with E-state index in [0.29, 0.717) is 22.8 Å². The Balaban J connectivity index is 1.59. The molecule has 1 heterocycles. The molecule has 3 aromatic rings. The quantitative estimate of drug-likeness (QED) is 0.486. The highest BCUT2D eigenvalue weighted by atomic mass is 32.1. The number of carbonyl (C=O) groups is 1. The Bertz CT molecular complexity index is 987. The Morgan fingerprint density at radius 2 is 2.00 bits per heavy atom. The maximum atomic E-state index is 13.0. The molecular formula is C20H18FN3O3S. The highest BCUT2D eigenvalue weighted by Gasteiger charge is 2.09. The van der Waals surface area contributed by atoms with E-state index in [2.05, 4.69) is 15.5 Å². The third-order valence-corrected chi connectivity index (χ3v) is 4.76. The molecule has 0 unspecified atom stereocenters. The SMILES string of the molecule is COc1ccc(/C=N\NC(=O)Cc2csc(-c3ccc(F)cc3)n2)c(OC)c1. The summed E-state index contributed by atoms with van der Waals surface area (Å²) < 4.78 is 23.4. The number of methoxy groups -OCH3 is 2. The number of halogens is 1. The van der Waals surface area contributed by atoms with Gasteiger partial charge in [-0.2, -0.15) is 5.10 Å². The minimum Gasteiger partial charge on any atom is -0.497 e. The Morgan fingerprint density at radius 1 is 1.21 bits per heavy atom. The molecule has 8 heteroatoms. The van der Waals surface area contributed by atoms with Crippen LogP contribution in [0.15, 0.2) is 52.9 Å². The molecule has 0 aliphatic rings. The first kappa shape index (κ1) is 19.5. The summed E-state index contributed by atoms with van der Waals surface area (Å²) in [7, 11) is 3.12. The third kappa shape index (κ3) is 4.92. The lowest BCUT2D eigenvalue weighted by atomic mass is 10.2. The molecule has 0 aliphatic carbocycles. The molecule has 1 amide bonds. The van der Waals surface area contributed by atoms with Gasteiger partial charge in [-0.15, -0.1) is 11.3 Å². The van der Waals surface area contributed by atoms with Gasteiger partial charge in [0.05, 0.1) is 32.5 Å². The molecule has 1 N–H and O–H groups in total. The number of nitrogens with one attached hydrogen (secondary N) is 1. The van der Waals surface area contributed by atoms with Gasteiger partial charge in [-0.05, 0) is 36.4 Å². The van der Waals surface area contributed by atoms with Crippen molar-refractivity contribution < 1.29 is 18.7 Å². The van der Waals surface area contributed by atoms with Crippen LogP contribution in [0.4, 0.5) is 4.39 Å². The van der Waals surface area contributed by atoms with Gasteiger partial charge < -0.3 is 9.47 Å². The Morgan fingerprint density at radius 3 is 2.71 bits per heavy atom. The Hall–Kier alpha value is -3.26. The normalized spacial score (nSPS) is 10.8. The van der Waals surface area contributed by atoms with Gasteiger partial charge in [0.25, 0.3) is 0 Å². The number of benzene rings is 2. The number of amides is 1. The van der Waals surface area contributed by atoms with Gasteiger partial charge >= 0.3 is 0 Å². The van der Waals surface area contributed by atoms with Crippen LogP contribution in [0.2, 0.25) is 0 Å². The number of aromatic nitrogens is 1. The van der Waals surface area contributed by atoms with E-state index < -0.39 is 0 Å². The number of hydrogen-bond acceptors (Lipinski definition) is 6. The molecule has 0 aliphatic heterocycles. The molecule has 6 nitrogen and oxygen atoms in total. The molecule has 144 valence electrons. The highest BCUT2D eigenvalue weighted by molar-refractivity contribution is 7.13. The fraction of sp³-hybridized carbons (Fsp3) is 0.150. The van der Waals surface area contributed by atoms with Crippen LogP contribution in [0.1, 0.15) is 11.3 Å². The minimum absolute atomic E-state index is 0.0920. The van der Waals surface area contributed by atoms with Crippen molar-refractivity contribution in [1.82, 2.24) is 10.4 Å². The summed E-state index contributed by atoms with van der Waals surface area (Å²) in [4.78, 5) is 16.5. The van der Waals surface area contributed by atoms with E-state index in [1.54, 1.807) is 49.9 Å². The van der Waals surface area contributed by atoms with Crippen molar-refractivity contribution in [2.24, 2.45) is 5.10 Å². The van der Waals surface area contributed by atoms with Gasteiger partial charge in [-0.3, -0.25) is 4.79 Å². The van der Waals surface area contributed by atoms with Crippen LogP contribution in [0.25, 0.3) is 10.6 Å². The minimum atomic E-state index is -0.300. The van der Waals surface area contributed by atoms with E-state index in [-0.39, 0.29) is 18.1 Å². The fourth-order valence-electron chi connectivity index (χ4n) is 2.42. The van der Waals surface area contributed by atoms with Crippen molar-refractivity contribution in [3.05, 3.63) is 64.9 Å². The van der Waals surface area contributed by atoms with E-state index in [1.807, 2.05) is 0 Å². The monoisotopic (exact) mass is 399 g/mol. The van der Waals surface area contributed by atoms with Gasteiger partial charge in [0.2, 0.25) is 5.91 Å². The van der Waals surface area contributed by atoms with Crippen LogP contribution in [0.3, 0.4) is 0 Å². The van der Waals surface area contributed by atoms with E-state index in [0.717, 1.165) is 10.6 Å².